The highest BCUT2D eigenvalue weighted by Crippen LogP contribution is 2.35. The van der Waals surface area contributed by atoms with Crippen LogP contribution < -0.4 is 0 Å². The highest BCUT2D eigenvalue weighted by molar-refractivity contribution is 7.99. The minimum absolute atomic E-state index is 0.770. The summed E-state index contributed by atoms with van der Waals surface area (Å²) in [6.07, 6.45) is 4.89. The van der Waals surface area contributed by atoms with E-state index in [1.807, 2.05) is 42.3 Å². The maximum absolute atomic E-state index is 4.58. The Morgan fingerprint density at radius 1 is 1.28 bits per heavy atom. The van der Waals surface area contributed by atoms with Crippen LogP contribution in [0.25, 0.3) is 5.65 Å². The van der Waals surface area contributed by atoms with E-state index in [2.05, 4.69) is 22.2 Å². The van der Waals surface area contributed by atoms with Gasteiger partial charge in [0.05, 0.1) is 0 Å². The first kappa shape index (κ1) is 13.3. The van der Waals surface area contributed by atoms with Crippen molar-refractivity contribution in [1.82, 2.24) is 19.8 Å². The molecule has 4 nitrogen and oxygen atoms in total. The second kappa shape index (κ2) is 6.18. The van der Waals surface area contributed by atoms with Crippen LogP contribution in [0.3, 0.4) is 0 Å². The van der Waals surface area contributed by atoms with Crippen LogP contribution in [0, 0.1) is 0 Å². The fourth-order valence-corrected chi connectivity index (χ4v) is 2.95. The number of rotatable bonds is 3. The zero-order valence-electron chi connectivity index (χ0n) is 11.3. The average Bonchev–Trinajstić information content (AvgIpc) is 2.78. The Hall–Kier alpha value is -1.10. The fourth-order valence-electron chi connectivity index (χ4n) is 1.76. The van der Waals surface area contributed by atoms with Gasteiger partial charge in [0.25, 0.3) is 0 Å². The molecular formula is C13H20N4S. The predicted molar refractivity (Wildman–Crippen MR) is 75.0 cm³/mol. The molecular weight excluding hydrogens is 244 g/mol. The van der Waals surface area contributed by atoms with E-state index in [9.17, 15) is 0 Å². The van der Waals surface area contributed by atoms with E-state index < -0.39 is 0 Å². The number of hydrogen-bond donors (Lipinski definition) is 0. The molecule has 0 spiro atoms. The number of nitrogens with zero attached hydrogens (tertiary/aromatic N) is 4. The standard InChI is InChI=1S/C11H14N4S.C2H6/c1-2-9-12-13-10-6-7-11(14-15(9)10)16-8-4-3-5-8;1-2/h6-8H,2-5H2,1H3;1-2H3. The van der Waals surface area contributed by atoms with Crippen LogP contribution in [-0.2, 0) is 6.42 Å². The van der Waals surface area contributed by atoms with Crippen molar-refractivity contribution in [2.45, 2.75) is 56.7 Å². The van der Waals surface area contributed by atoms with E-state index in [1.54, 1.807) is 0 Å². The van der Waals surface area contributed by atoms with Crippen LogP contribution in [-0.4, -0.2) is 25.1 Å². The van der Waals surface area contributed by atoms with Crippen molar-refractivity contribution < 1.29 is 0 Å². The largest absolute Gasteiger partial charge is 0.196 e. The molecule has 5 heteroatoms. The quantitative estimate of drug-likeness (QED) is 0.852. The number of fused-ring (bicyclic) bond motifs is 1. The monoisotopic (exact) mass is 264 g/mol. The third-order valence-corrected chi connectivity index (χ3v) is 4.22. The number of hydrogen-bond acceptors (Lipinski definition) is 4. The van der Waals surface area contributed by atoms with Gasteiger partial charge in [0, 0.05) is 11.7 Å². The second-order valence-corrected chi connectivity index (χ2v) is 5.40. The molecule has 0 radical (unpaired) electrons. The zero-order chi connectivity index (χ0) is 13.0. The second-order valence-electron chi connectivity index (χ2n) is 4.08. The van der Waals surface area contributed by atoms with Gasteiger partial charge in [0.2, 0.25) is 0 Å². The minimum Gasteiger partial charge on any atom is -0.196 e. The third-order valence-electron chi connectivity index (χ3n) is 2.96. The summed E-state index contributed by atoms with van der Waals surface area (Å²) in [4.78, 5) is 0. The van der Waals surface area contributed by atoms with Gasteiger partial charge in [-0.05, 0) is 25.0 Å². The zero-order valence-corrected chi connectivity index (χ0v) is 12.1. The van der Waals surface area contributed by atoms with Gasteiger partial charge in [0.15, 0.2) is 11.5 Å². The molecule has 2 aromatic rings. The fraction of sp³-hybridized carbons (Fsp3) is 0.615. The summed E-state index contributed by atoms with van der Waals surface area (Å²) in [5, 5.41) is 14.6. The molecule has 18 heavy (non-hydrogen) atoms. The molecule has 0 aliphatic heterocycles. The summed E-state index contributed by atoms with van der Waals surface area (Å²) in [6.45, 7) is 6.07. The number of aromatic nitrogens is 4. The van der Waals surface area contributed by atoms with Gasteiger partial charge >= 0.3 is 0 Å². The summed E-state index contributed by atoms with van der Waals surface area (Å²) in [6, 6.07) is 4.05. The van der Waals surface area contributed by atoms with E-state index in [0.29, 0.717) is 0 Å². The molecule has 0 N–H and O–H groups in total. The lowest BCUT2D eigenvalue weighted by atomic mass is 10.0. The van der Waals surface area contributed by atoms with Gasteiger partial charge in [-0.25, -0.2) is 0 Å². The summed E-state index contributed by atoms with van der Waals surface area (Å²) < 4.78 is 1.86. The molecule has 2 aromatic heterocycles. The average molecular weight is 264 g/mol. The molecule has 98 valence electrons. The molecule has 1 fully saturated rings. The molecule has 1 saturated carbocycles. The van der Waals surface area contributed by atoms with Crippen molar-refractivity contribution in [2.75, 3.05) is 0 Å². The molecule has 0 amide bonds. The Kier molecular flexibility index (Phi) is 4.58. The lowest BCUT2D eigenvalue weighted by molar-refractivity contribution is 0.521. The highest BCUT2D eigenvalue weighted by atomic mass is 32.2. The molecule has 0 aromatic carbocycles. The van der Waals surface area contributed by atoms with Gasteiger partial charge in [-0.1, -0.05) is 27.2 Å². The number of thioether (sulfide) groups is 1. The minimum atomic E-state index is 0.770. The maximum Gasteiger partial charge on any atom is 0.177 e. The van der Waals surface area contributed by atoms with Crippen LogP contribution in [0.4, 0.5) is 0 Å². The van der Waals surface area contributed by atoms with Gasteiger partial charge in [-0.2, -0.15) is 9.61 Å². The number of aryl methyl sites for hydroxylation is 1. The normalized spacial score (nSPS) is 15.1. The van der Waals surface area contributed by atoms with E-state index in [1.165, 1.54) is 19.3 Å². The summed E-state index contributed by atoms with van der Waals surface area (Å²) >= 11 is 1.88. The van der Waals surface area contributed by atoms with Crippen LogP contribution in [0.1, 0.15) is 45.9 Å². The van der Waals surface area contributed by atoms with Crippen molar-refractivity contribution in [3.8, 4) is 0 Å². The van der Waals surface area contributed by atoms with Crippen molar-refractivity contribution in [3.05, 3.63) is 18.0 Å². The summed E-state index contributed by atoms with van der Waals surface area (Å²) in [7, 11) is 0. The molecule has 0 bridgehead atoms. The van der Waals surface area contributed by atoms with Crippen LogP contribution in [0.2, 0.25) is 0 Å². The lowest BCUT2D eigenvalue weighted by Gasteiger charge is -2.23. The van der Waals surface area contributed by atoms with Crippen LogP contribution >= 0.6 is 11.8 Å². The summed E-state index contributed by atoms with van der Waals surface area (Å²) in [5.74, 6) is 0.936. The first-order valence-electron chi connectivity index (χ1n) is 6.75. The molecule has 0 unspecified atom stereocenters. The Morgan fingerprint density at radius 2 is 2.06 bits per heavy atom. The molecule has 1 aliphatic rings. The third kappa shape index (κ3) is 2.66. The first-order chi connectivity index (χ1) is 8.86. The molecule has 0 atom stereocenters. The maximum atomic E-state index is 4.58. The van der Waals surface area contributed by atoms with Gasteiger partial charge in [-0.15, -0.1) is 22.0 Å². The van der Waals surface area contributed by atoms with E-state index in [-0.39, 0.29) is 0 Å². The lowest BCUT2D eigenvalue weighted by Crippen LogP contribution is -2.13. The molecule has 0 saturated heterocycles. The van der Waals surface area contributed by atoms with E-state index in [0.717, 1.165) is 28.2 Å². The SMILES string of the molecule is CC.CCc1nnc2ccc(SC3CCC3)nn12. The topological polar surface area (TPSA) is 43.1 Å². The van der Waals surface area contributed by atoms with E-state index in [4.69, 9.17) is 0 Å². The Bertz CT molecular complexity index is 505. The molecule has 1 aliphatic carbocycles. The molecule has 3 rings (SSSR count). The van der Waals surface area contributed by atoms with Crippen molar-refractivity contribution in [2.24, 2.45) is 0 Å². The van der Waals surface area contributed by atoms with Crippen molar-refractivity contribution in [1.29, 1.82) is 0 Å². The Morgan fingerprint density at radius 3 is 2.67 bits per heavy atom. The van der Waals surface area contributed by atoms with Gasteiger partial charge in [-0.3, -0.25) is 0 Å². The predicted octanol–water partition coefficient (Wildman–Crippen LogP) is 3.36. The summed E-state index contributed by atoms with van der Waals surface area (Å²) in [5.41, 5.74) is 0.842. The van der Waals surface area contributed by atoms with Crippen LogP contribution in [0.15, 0.2) is 17.2 Å². The Labute approximate surface area is 112 Å². The van der Waals surface area contributed by atoms with Gasteiger partial charge < -0.3 is 0 Å². The van der Waals surface area contributed by atoms with Gasteiger partial charge in [0.1, 0.15) is 5.03 Å². The first-order valence-corrected chi connectivity index (χ1v) is 7.63. The van der Waals surface area contributed by atoms with Crippen molar-refractivity contribution >= 4 is 17.4 Å². The Balaban J connectivity index is 0.000000574. The smallest absolute Gasteiger partial charge is 0.177 e. The van der Waals surface area contributed by atoms with Crippen LogP contribution in [0.5, 0.6) is 0 Å². The highest BCUT2D eigenvalue weighted by Gasteiger charge is 2.19. The van der Waals surface area contributed by atoms with E-state index >= 15 is 0 Å². The van der Waals surface area contributed by atoms with Crippen molar-refractivity contribution in [3.63, 3.8) is 0 Å². The molecule has 2 heterocycles.